The Morgan fingerprint density at radius 2 is 1.61 bits per heavy atom. The van der Waals surface area contributed by atoms with Crippen LogP contribution in [0.1, 0.15) is 67.0 Å². The fourth-order valence-corrected chi connectivity index (χ4v) is 5.38. The van der Waals surface area contributed by atoms with Gasteiger partial charge in [0.15, 0.2) is 0 Å². The van der Waals surface area contributed by atoms with Crippen LogP contribution in [0.15, 0.2) is 42.6 Å². The summed E-state index contributed by atoms with van der Waals surface area (Å²) in [5.74, 6) is -0.100. The minimum absolute atomic E-state index is 0.0862. The van der Waals surface area contributed by atoms with Crippen LogP contribution in [0.4, 0.5) is 30.7 Å². The lowest BCUT2D eigenvalue weighted by atomic mass is 9.73. The van der Waals surface area contributed by atoms with Crippen molar-refractivity contribution in [2.75, 3.05) is 0 Å². The zero-order valence-electron chi connectivity index (χ0n) is 19.1. The second kappa shape index (κ2) is 8.74. The predicted molar refractivity (Wildman–Crippen MR) is 121 cm³/mol. The highest BCUT2D eigenvalue weighted by atomic mass is 19.4. The number of pyridine rings is 1. The molecule has 0 saturated heterocycles. The summed E-state index contributed by atoms with van der Waals surface area (Å²) in [5, 5.41) is 0.770. The maximum Gasteiger partial charge on any atom is 0.418 e. The molecule has 1 saturated carbocycles. The first-order chi connectivity index (χ1) is 16.9. The lowest BCUT2D eigenvalue weighted by molar-refractivity contribution is -0.142. The number of imidazole rings is 1. The fourth-order valence-electron chi connectivity index (χ4n) is 5.38. The molecule has 1 aliphatic rings. The van der Waals surface area contributed by atoms with E-state index in [1.54, 1.807) is 12.3 Å². The van der Waals surface area contributed by atoms with Crippen molar-refractivity contribution in [3.8, 4) is 0 Å². The second-order valence-electron chi connectivity index (χ2n) is 9.50. The van der Waals surface area contributed by atoms with E-state index in [1.165, 1.54) is 12.1 Å². The Morgan fingerprint density at radius 3 is 2.28 bits per heavy atom. The number of nitrogens with zero attached hydrogens (tertiary/aromatic N) is 2. The van der Waals surface area contributed by atoms with Gasteiger partial charge in [-0.05, 0) is 79.5 Å². The summed E-state index contributed by atoms with van der Waals surface area (Å²) < 4.78 is 94.1. The molecule has 1 aliphatic carbocycles. The number of rotatable bonds is 3. The molecule has 1 atom stereocenters. The van der Waals surface area contributed by atoms with Crippen LogP contribution in [0.3, 0.4) is 0 Å². The van der Waals surface area contributed by atoms with Crippen molar-refractivity contribution in [2.45, 2.75) is 56.8 Å². The number of halogens is 7. The van der Waals surface area contributed by atoms with E-state index in [0.717, 1.165) is 36.6 Å². The van der Waals surface area contributed by atoms with Crippen LogP contribution in [0, 0.1) is 11.7 Å². The number of hydrogen-bond acceptors (Lipinski definition) is 2. The molecule has 4 aromatic rings. The van der Waals surface area contributed by atoms with Crippen molar-refractivity contribution >= 4 is 21.9 Å². The molecule has 2 aromatic heterocycles. The first kappa shape index (κ1) is 24.5. The number of hydrogen-bond donors (Lipinski definition) is 1. The molecule has 10 heteroatoms. The molecule has 0 radical (unpaired) electrons. The first-order valence-corrected chi connectivity index (χ1v) is 11.6. The van der Waals surface area contributed by atoms with Gasteiger partial charge >= 0.3 is 12.4 Å². The van der Waals surface area contributed by atoms with Gasteiger partial charge in [-0.1, -0.05) is 6.92 Å². The number of nitrogens with one attached hydrogen (secondary N) is 1. The monoisotopic (exact) mass is 509 g/mol. The quantitative estimate of drug-likeness (QED) is 0.282. The third kappa shape index (κ3) is 4.53. The van der Waals surface area contributed by atoms with E-state index in [2.05, 4.69) is 15.0 Å². The van der Waals surface area contributed by atoms with Gasteiger partial charge in [0.1, 0.15) is 11.6 Å². The highest BCUT2D eigenvalue weighted by Gasteiger charge is 2.39. The maximum absolute atomic E-state index is 13.8. The van der Waals surface area contributed by atoms with Gasteiger partial charge in [-0.25, -0.2) is 9.37 Å². The van der Waals surface area contributed by atoms with E-state index in [4.69, 9.17) is 0 Å². The fraction of sp³-hybridized carbons (Fsp3) is 0.385. The van der Waals surface area contributed by atoms with Crippen molar-refractivity contribution in [1.29, 1.82) is 0 Å². The van der Waals surface area contributed by atoms with E-state index >= 15 is 0 Å². The van der Waals surface area contributed by atoms with Crippen LogP contribution in [0.25, 0.3) is 21.9 Å². The van der Waals surface area contributed by atoms with E-state index in [-0.39, 0.29) is 41.0 Å². The SMILES string of the molecule is C[C@@H](c1nc2cc(C(F)(F)F)cc(C(F)(F)F)c2[nH]1)[C@H]1CC[C@@H](c2ccnc3ccc(F)cc32)CC1. The van der Waals surface area contributed by atoms with Crippen LogP contribution in [0.5, 0.6) is 0 Å². The van der Waals surface area contributed by atoms with Gasteiger partial charge < -0.3 is 4.98 Å². The molecular formula is C26H22F7N3. The summed E-state index contributed by atoms with van der Waals surface area (Å²) in [7, 11) is 0. The van der Waals surface area contributed by atoms with Crippen LogP contribution >= 0.6 is 0 Å². The molecule has 2 aromatic carbocycles. The molecule has 0 aliphatic heterocycles. The molecule has 2 heterocycles. The number of H-pyrrole nitrogens is 1. The van der Waals surface area contributed by atoms with Crippen molar-refractivity contribution < 1.29 is 30.7 Å². The van der Waals surface area contributed by atoms with E-state index < -0.39 is 29.0 Å². The van der Waals surface area contributed by atoms with E-state index in [0.29, 0.717) is 11.6 Å². The molecule has 0 amide bonds. The summed E-state index contributed by atoms with van der Waals surface area (Å²) in [4.78, 5) is 11.1. The molecule has 0 unspecified atom stereocenters. The number of benzene rings is 2. The summed E-state index contributed by atoms with van der Waals surface area (Å²) in [5.41, 5.74) is -1.81. The Labute approximate surface area is 201 Å². The van der Waals surface area contributed by atoms with E-state index in [1.807, 2.05) is 13.0 Å². The Morgan fingerprint density at radius 1 is 0.889 bits per heavy atom. The maximum atomic E-state index is 13.8. The summed E-state index contributed by atoms with van der Waals surface area (Å²) in [6.07, 6.45) is -5.10. The van der Waals surface area contributed by atoms with Crippen molar-refractivity contribution in [3.63, 3.8) is 0 Å². The Kier molecular flexibility index (Phi) is 5.95. The predicted octanol–water partition coefficient (Wildman–Crippen LogP) is 8.37. The molecule has 0 spiro atoms. The van der Waals surface area contributed by atoms with Crippen LogP contribution in [0.2, 0.25) is 0 Å². The molecule has 190 valence electrons. The summed E-state index contributed by atoms with van der Waals surface area (Å²) in [6, 6.07) is 7.17. The van der Waals surface area contributed by atoms with Crippen molar-refractivity contribution in [1.82, 2.24) is 15.0 Å². The topological polar surface area (TPSA) is 41.6 Å². The minimum atomic E-state index is -4.96. The molecule has 36 heavy (non-hydrogen) atoms. The minimum Gasteiger partial charge on any atom is -0.341 e. The zero-order chi connectivity index (χ0) is 25.8. The van der Waals surface area contributed by atoms with Crippen molar-refractivity contribution in [3.05, 3.63) is 70.9 Å². The first-order valence-electron chi connectivity index (χ1n) is 11.6. The lowest BCUT2D eigenvalue weighted by Gasteiger charge is -2.32. The van der Waals surface area contributed by atoms with Gasteiger partial charge in [-0.3, -0.25) is 4.98 Å². The molecule has 0 bridgehead atoms. The average molecular weight is 509 g/mol. The third-order valence-electron chi connectivity index (χ3n) is 7.33. The highest BCUT2D eigenvalue weighted by Crippen LogP contribution is 2.44. The number of aromatic amines is 1. The van der Waals surface area contributed by atoms with Gasteiger partial charge in [0.25, 0.3) is 0 Å². The molecule has 3 nitrogen and oxygen atoms in total. The van der Waals surface area contributed by atoms with Gasteiger partial charge in [-0.15, -0.1) is 0 Å². The molecular weight excluding hydrogens is 487 g/mol. The van der Waals surface area contributed by atoms with Gasteiger partial charge in [0.2, 0.25) is 0 Å². The second-order valence-corrected chi connectivity index (χ2v) is 9.50. The number of fused-ring (bicyclic) bond motifs is 2. The Bertz CT molecular complexity index is 1410. The van der Waals surface area contributed by atoms with Crippen LogP contribution in [-0.4, -0.2) is 15.0 Å². The molecule has 1 N–H and O–H groups in total. The van der Waals surface area contributed by atoms with E-state index in [9.17, 15) is 30.7 Å². The van der Waals surface area contributed by atoms with Crippen LogP contribution in [-0.2, 0) is 12.4 Å². The van der Waals surface area contributed by atoms with Gasteiger partial charge in [0, 0.05) is 17.5 Å². The summed E-state index contributed by atoms with van der Waals surface area (Å²) >= 11 is 0. The van der Waals surface area contributed by atoms with Gasteiger partial charge in [-0.2, -0.15) is 26.3 Å². The highest BCUT2D eigenvalue weighted by molar-refractivity contribution is 5.83. The van der Waals surface area contributed by atoms with Gasteiger partial charge in [0.05, 0.1) is 27.7 Å². The third-order valence-corrected chi connectivity index (χ3v) is 7.33. The standard InChI is InChI=1S/C26H22F7N3/c1-13(24-35-22-11-16(25(28,29)30)10-20(23(22)36-24)26(31,32)33)14-2-4-15(5-3-14)18-8-9-34-21-7-6-17(27)12-19(18)21/h6-15H,2-5H2,1H3,(H,35,36)/t13-,14-,15+/m1/s1. The average Bonchev–Trinajstić information content (AvgIpc) is 3.25. The lowest BCUT2D eigenvalue weighted by Crippen LogP contribution is -2.19. The Hall–Kier alpha value is -3.17. The van der Waals surface area contributed by atoms with Crippen LogP contribution < -0.4 is 0 Å². The number of aromatic nitrogens is 3. The normalized spacial score (nSPS) is 20.2. The smallest absolute Gasteiger partial charge is 0.341 e. The summed E-state index contributed by atoms with van der Waals surface area (Å²) in [6.45, 7) is 1.83. The Balaban J connectivity index is 1.40. The molecule has 5 rings (SSSR count). The largest absolute Gasteiger partial charge is 0.418 e. The molecule has 1 fully saturated rings. The zero-order valence-corrected chi connectivity index (χ0v) is 19.1. The van der Waals surface area contributed by atoms with Crippen molar-refractivity contribution in [2.24, 2.45) is 5.92 Å². The number of alkyl halides is 6.